The highest BCUT2D eigenvalue weighted by atomic mass is 19.1. The van der Waals surface area contributed by atoms with Gasteiger partial charge in [-0.15, -0.1) is 0 Å². The van der Waals surface area contributed by atoms with E-state index < -0.39 is 17.4 Å². The van der Waals surface area contributed by atoms with Crippen LogP contribution in [0.2, 0.25) is 0 Å². The average Bonchev–Trinajstić information content (AvgIpc) is 2.87. The number of aromatic hydroxyl groups is 1. The molecule has 3 rings (SSSR count). The first-order valence-corrected chi connectivity index (χ1v) is 6.04. The molecule has 17 heavy (non-hydrogen) atoms. The van der Waals surface area contributed by atoms with Gasteiger partial charge in [0.25, 0.3) is 0 Å². The van der Waals surface area contributed by atoms with E-state index in [2.05, 4.69) is 4.90 Å². The van der Waals surface area contributed by atoms with E-state index in [4.69, 9.17) is 5.11 Å². The fourth-order valence-electron chi connectivity index (χ4n) is 3.16. The molecule has 2 unspecified atom stereocenters. The average molecular weight is 239 g/mol. The molecule has 0 amide bonds. The Hall–Kier alpha value is -1.16. The molecule has 1 aliphatic heterocycles. The number of piperidine rings is 1. The van der Waals surface area contributed by atoms with Crippen LogP contribution in [-0.4, -0.2) is 22.6 Å². The van der Waals surface area contributed by atoms with Crippen molar-refractivity contribution in [2.24, 2.45) is 5.92 Å². The third-order valence-corrected chi connectivity index (χ3v) is 3.98. The molecular formula is C13H15F2NO. The van der Waals surface area contributed by atoms with Crippen molar-refractivity contribution in [3.8, 4) is 5.75 Å². The van der Waals surface area contributed by atoms with Gasteiger partial charge in [0.2, 0.25) is 0 Å². The third-order valence-electron chi connectivity index (χ3n) is 3.98. The summed E-state index contributed by atoms with van der Waals surface area (Å²) in [7, 11) is 0. The zero-order chi connectivity index (χ0) is 12.0. The highest BCUT2D eigenvalue weighted by molar-refractivity contribution is 5.30. The first-order chi connectivity index (χ1) is 8.13. The lowest BCUT2D eigenvalue weighted by molar-refractivity contribution is 0.204. The number of hydrogen-bond donors (Lipinski definition) is 1. The number of halogens is 2. The highest BCUT2D eigenvalue weighted by Crippen LogP contribution is 2.38. The minimum absolute atomic E-state index is 0.579. The topological polar surface area (TPSA) is 23.5 Å². The van der Waals surface area contributed by atoms with E-state index in [9.17, 15) is 8.78 Å². The van der Waals surface area contributed by atoms with Crippen molar-refractivity contribution in [2.45, 2.75) is 31.8 Å². The van der Waals surface area contributed by atoms with Crippen LogP contribution in [0.3, 0.4) is 0 Å². The van der Waals surface area contributed by atoms with Gasteiger partial charge in [0.15, 0.2) is 17.4 Å². The predicted molar refractivity (Wildman–Crippen MR) is 59.6 cm³/mol. The van der Waals surface area contributed by atoms with Crippen molar-refractivity contribution >= 4 is 0 Å². The first-order valence-electron chi connectivity index (χ1n) is 6.04. The van der Waals surface area contributed by atoms with Gasteiger partial charge < -0.3 is 5.11 Å². The molecule has 1 aliphatic carbocycles. The molecule has 1 heterocycles. The zero-order valence-electron chi connectivity index (χ0n) is 9.50. The van der Waals surface area contributed by atoms with Crippen molar-refractivity contribution in [2.75, 3.05) is 6.54 Å². The monoisotopic (exact) mass is 239 g/mol. The second-order valence-electron chi connectivity index (χ2n) is 5.17. The summed E-state index contributed by atoms with van der Waals surface area (Å²) in [5.74, 6) is -1.85. The van der Waals surface area contributed by atoms with Gasteiger partial charge in [-0.25, -0.2) is 8.78 Å². The number of likely N-dealkylation sites (tertiary alicyclic amines) is 1. The van der Waals surface area contributed by atoms with Crippen LogP contribution in [0.25, 0.3) is 0 Å². The normalized spacial score (nSPS) is 27.9. The Kier molecular flexibility index (Phi) is 2.54. The van der Waals surface area contributed by atoms with Crippen LogP contribution in [0, 0.1) is 17.6 Å². The summed E-state index contributed by atoms with van der Waals surface area (Å²) in [5.41, 5.74) is 0.602. The minimum atomic E-state index is -0.878. The van der Waals surface area contributed by atoms with E-state index in [0.29, 0.717) is 18.2 Å². The van der Waals surface area contributed by atoms with E-state index in [1.165, 1.54) is 31.4 Å². The van der Waals surface area contributed by atoms with E-state index in [-0.39, 0.29) is 0 Å². The number of nitrogens with zero attached hydrogens (tertiary/aromatic N) is 1. The largest absolute Gasteiger partial charge is 0.503 e. The molecule has 2 nitrogen and oxygen atoms in total. The van der Waals surface area contributed by atoms with Gasteiger partial charge in [-0.1, -0.05) is 0 Å². The number of phenols is 1. The van der Waals surface area contributed by atoms with Crippen molar-refractivity contribution in [3.63, 3.8) is 0 Å². The second kappa shape index (κ2) is 3.95. The lowest BCUT2D eigenvalue weighted by Gasteiger charge is -2.26. The summed E-state index contributed by atoms with van der Waals surface area (Å²) in [6.07, 6.45) is 3.72. The molecule has 0 radical (unpaired) electrons. The molecular weight excluding hydrogens is 224 g/mol. The summed E-state index contributed by atoms with van der Waals surface area (Å²) in [6.45, 7) is 1.62. The Morgan fingerprint density at radius 3 is 2.47 bits per heavy atom. The molecule has 2 atom stereocenters. The van der Waals surface area contributed by atoms with Crippen LogP contribution >= 0.6 is 0 Å². The number of benzene rings is 1. The maximum Gasteiger partial charge on any atom is 0.187 e. The van der Waals surface area contributed by atoms with Crippen LogP contribution in [0.5, 0.6) is 5.75 Å². The second-order valence-corrected chi connectivity index (χ2v) is 5.17. The maximum atomic E-state index is 13.2. The Bertz CT molecular complexity index is 426. The minimum Gasteiger partial charge on any atom is -0.503 e. The lowest BCUT2D eigenvalue weighted by atomic mass is 10.1. The fourth-order valence-corrected chi connectivity index (χ4v) is 3.16. The van der Waals surface area contributed by atoms with E-state index >= 15 is 0 Å². The Balaban J connectivity index is 1.77. The first kappa shape index (κ1) is 11.0. The predicted octanol–water partition coefficient (Wildman–Crippen LogP) is 2.65. The van der Waals surface area contributed by atoms with Crippen LogP contribution in [0.15, 0.2) is 12.1 Å². The van der Waals surface area contributed by atoms with Gasteiger partial charge in [-0.05, 0) is 42.9 Å². The van der Waals surface area contributed by atoms with Crippen molar-refractivity contribution < 1.29 is 13.9 Å². The molecule has 2 bridgehead atoms. The molecule has 1 aromatic rings. The molecule has 0 spiro atoms. The maximum absolute atomic E-state index is 13.2. The van der Waals surface area contributed by atoms with Gasteiger partial charge in [0.05, 0.1) is 0 Å². The van der Waals surface area contributed by atoms with E-state index in [1.54, 1.807) is 0 Å². The lowest BCUT2D eigenvalue weighted by Crippen LogP contribution is -2.31. The number of hydrogen-bond acceptors (Lipinski definition) is 2. The standard InChI is InChI=1S/C13H15F2NO/c14-11-4-9(5-12(15)13(11)17)7-16-6-8-1-2-10(16)3-8/h4-5,8,10,17H,1-3,6-7H2. The molecule has 1 N–H and O–H groups in total. The molecule has 0 aromatic heterocycles. The van der Waals surface area contributed by atoms with Gasteiger partial charge in [-0.2, -0.15) is 0 Å². The van der Waals surface area contributed by atoms with E-state index in [0.717, 1.165) is 12.5 Å². The number of phenolic OH excluding ortho intramolecular Hbond substituents is 1. The quantitative estimate of drug-likeness (QED) is 0.857. The van der Waals surface area contributed by atoms with E-state index in [1.807, 2.05) is 0 Å². The molecule has 2 aliphatic rings. The summed E-state index contributed by atoms with van der Waals surface area (Å²) in [6, 6.07) is 3.04. The molecule has 1 saturated heterocycles. The summed E-state index contributed by atoms with van der Waals surface area (Å²) in [4.78, 5) is 2.29. The Morgan fingerprint density at radius 2 is 1.94 bits per heavy atom. The Labute approximate surface area is 98.9 Å². The molecule has 1 saturated carbocycles. The zero-order valence-corrected chi connectivity index (χ0v) is 9.50. The Morgan fingerprint density at radius 1 is 1.24 bits per heavy atom. The number of rotatable bonds is 2. The SMILES string of the molecule is Oc1c(F)cc(CN2CC3CCC2C3)cc1F. The summed E-state index contributed by atoms with van der Waals surface area (Å²) in [5, 5.41) is 9.03. The molecule has 92 valence electrons. The van der Waals surface area contributed by atoms with Crippen LogP contribution in [0.1, 0.15) is 24.8 Å². The van der Waals surface area contributed by atoms with Crippen LogP contribution in [-0.2, 0) is 6.54 Å². The van der Waals surface area contributed by atoms with Gasteiger partial charge >= 0.3 is 0 Å². The highest BCUT2D eigenvalue weighted by Gasteiger charge is 2.37. The van der Waals surface area contributed by atoms with Crippen molar-refractivity contribution in [1.29, 1.82) is 0 Å². The van der Waals surface area contributed by atoms with Crippen LogP contribution in [0.4, 0.5) is 8.78 Å². The summed E-state index contributed by atoms with van der Waals surface area (Å²) >= 11 is 0. The van der Waals surface area contributed by atoms with Gasteiger partial charge in [-0.3, -0.25) is 4.90 Å². The fraction of sp³-hybridized carbons (Fsp3) is 0.538. The third kappa shape index (κ3) is 1.90. The van der Waals surface area contributed by atoms with Crippen LogP contribution < -0.4 is 0 Å². The van der Waals surface area contributed by atoms with Gasteiger partial charge in [0.1, 0.15) is 0 Å². The van der Waals surface area contributed by atoms with Gasteiger partial charge in [0, 0.05) is 19.1 Å². The number of fused-ring (bicyclic) bond motifs is 2. The van der Waals surface area contributed by atoms with Crippen molar-refractivity contribution in [1.82, 2.24) is 4.90 Å². The van der Waals surface area contributed by atoms with Crippen molar-refractivity contribution in [3.05, 3.63) is 29.3 Å². The molecule has 4 heteroatoms. The smallest absolute Gasteiger partial charge is 0.187 e. The molecule has 1 aromatic carbocycles. The summed E-state index contributed by atoms with van der Waals surface area (Å²) < 4.78 is 26.4. The molecule has 2 fully saturated rings.